The summed E-state index contributed by atoms with van der Waals surface area (Å²) >= 11 is 0. The van der Waals surface area contributed by atoms with Gasteiger partial charge in [-0.25, -0.2) is 0 Å². The van der Waals surface area contributed by atoms with Crippen LogP contribution in [0.1, 0.15) is 12.6 Å². The number of pyridine rings is 1. The van der Waals surface area contributed by atoms with Crippen molar-refractivity contribution in [3.8, 4) is 0 Å². The second-order valence-corrected chi connectivity index (χ2v) is 17.7. The van der Waals surface area contributed by atoms with Gasteiger partial charge in [-0.15, -0.1) is 0 Å². The Morgan fingerprint density at radius 2 is 1.45 bits per heavy atom. The van der Waals surface area contributed by atoms with Crippen LogP contribution in [0.5, 0.6) is 0 Å². The molecule has 1 heterocycles. The fraction of sp³-hybridized carbons (Fsp3) is 0.667. The molecule has 0 aliphatic rings. The standard InChI is InChI=1S/C15H31N3Si2/c1-15(12-17-19(2,3)4,13-18-20(5,6)7)14-10-8-9-11-16-14/h8-11,17-18H,12-13H2,1-7H3. The molecular weight excluding hydrogens is 278 g/mol. The average Bonchev–Trinajstić information content (AvgIpc) is 2.33. The summed E-state index contributed by atoms with van der Waals surface area (Å²) in [6, 6.07) is 6.23. The summed E-state index contributed by atoms with van der Waals surface area (Å²) in [4.78, 5) is 12.1. The molecule has 0 atom stereocenters. The SMILES string of the molecule is CC(CN[Si](C)(C)C)(CN[Si](C)(C)C)c1ccccn1. The molecule has 0 amide bonds. The Hall–Kier alpha value is -0.496. The lowest BCUT2D eigenvalue weighted by Gasteiger charge is -2.35. The molecule has 2 N–H and O–H groups in total. The molecule has 0 aliphatic carbocycles. The largest absolute Gasteiger partial charge is 0.337 e. The Morgan fingerprint density at radius 3 is 1.80 bits per heavy atom. The van der Waals surface area contributed by atoms with Crippen LogP contribution in [0, 0.1) is 0 Å². The van der Waals surface area contributed by atoms with E-state index in [0.29, 0.717) is 0 Å². The summed E-state index contributed by atoms with van der Waals surface area (Å²) in [5.41, 5.74) is 1.22. The first-order chi connectivity index (χ1) is 9.02. The van der Waals surface area contributed by atoms with E-state index in [1.54, 1.807) is 0 Å². The third-order valence-electron chi connectivity index (χ3n) is 3.30. The zero-order valence-corrected chi connectivity index (χ0v) is 16.2. The molecular formula is C15H31N3Si2. The molecule has 0 saturated carbocycles. The summed E-state index contributed by atoms with van der Waals surface area (Å²) in [6.45, 7) is 18.4. The minimum atomic E-state index is -1.27. The third kappa shape index (κ3) is 6.30. The maximum absolute atomic E-state index is 4.60. The zero-order chi connectivity index (χ0) is 15.4. The molecule has 0 unspecified atom stereocenters. The highest BCUT2D eigenvalue weighted by atomic mass is 28.3. The van der Waals surface area contributed by atoms with E-state index in [4.69, 9.17) is 0 Å². The van der Waals surface area contributed by atoms with Crippen molar-refractivity contribution >= 4 is 16.5 Å². The van der Waals surface area contributed by atoms with Crippen LogP contribution in [0.25, 0.3) is 0 Å². The number of aromatic nitrogens is 1. The average molecular weight is 310 g/mol. The molecule has 0 fully saturated rings. The molecule has 0 bridgehead atoms. The molecule has 20 heavy (non-hydrogen) atoms. The zero-order valence-electron chi connectivity index (χ0n) is 14.2. The normalized spacial score (nSPS) is 13.6. The molecule has 0 radical (unpaired) electrons. The van der Waals surface area contributed by atoms with E-state index in [1.165, 1.54) is 5.69 Å². The van der Waals surface area contributed by atoms with Crippen molar-refractivity contribution in [2.45, 2.75) is 51.6 Å². The number of nitrogens with one attached hydrogen (secondary N) is 2. The summed E-state index contributed by atoms with van der Waals surface area (Å²) in [5, 5.41) is 0. The van der Waals surface area contributed by atoms with Crippen LogP contribution in [0.15, 0.2) is 24.4 Å². The highest BCUT2D eigenvalue weighted by molar-refractivity contribution is 6.74. The van der Waals surface area contributed by atoms with Crippen molar-refractivity contribution in [1.82, 2.24) is 14.9 Å². The van der Waals surface area contributed by atoms with Gasteiger partial charge in [-0.2, -0.15) is 0 Å². The lowest BCUT2D eigenvalue weighted by molar-refractivity contribution is 0.444. The minimum absolute atomic E-state index is 0.0435. The van der Waals surface area contributed by atoms with Gasteiger partial charge in [-0.05, 0) is 12.1 Å². The predicted molar refractivity (Wildman–Crippen MR) is 94.3 cm³/mol. The van der Waals surface area contributed by atoms with Crippen LogP contribution >= 0.6 is 0 Å². The smallest absolute Gasteiger partial charge is 0.116 e. The second-order valence-electron chi connectivity index (χ2n) is 7.98. The summed E-state index contributed by atoms with van der Waals surface area (Å²) in [7, 11) is -2.54. The van der Waals surface area contributed by atoms with Gasteiger partial charge in [0.05, 0.1) is 0 Å². The molecule has 5 heteroatoms. The Morgan fingerprint density at radius 1 is 0.950 bits per heavy atom. The first-order valence-electron chi connectivity index (χ1n) is 7.43. The first-order valence-corrected chi connectivity index (χ1v) is 14.4. The van der Waals surface area contributed by atoms with Crippen molar-refractivity contribution in [2.24, 2.45) is 0 Å². The maximum Gasteiger partial charge on any atom is 0.116 e. The van der Waals surface area contributed by atoms with Gasteiger partial charge in [0.25, 0.3) is 0 Å². The molecule has 0 spiro atoms. The van der Waals surface area contributed by atoms with Gasteiger partial charge < -0.3 is 9.96 Å². The second kappa shape index (κ2) is 6.51. The van der Waals surface area contributed by atoms with Crippen LogP contribution in [0.4, 0.5) is 0 Å². The number of nitrogens with zero attached hydrogens (tertiary/aromatic N) is 1. The number of hydrogen-bond acceptors (Lipinski definition) is 3. The molecule has 0 aromatic carbocycles. The van der Waals surface area contributed by atoms with E-state index in [0.717, 1.165) is 13.1 Å². The topological polar surface area (TPSA) is 37.0 Å². The summed E-state index contributed by atoms with van der Waals surface area (Å²) < 4.78 is 0. The van der Waals surface area contributed by atoms with Crippen LogP contribution < -0.4 is 9.96 Å². The third-order valence-corrected chi connectivity index (χ3v) is 5.78. The monoisotopic (exact) mass is 309 g/mol. The Labute approximate surface area is 126 Å². The molecule has 0 aliphatic heterocycles. The molecule has 1 aromatic rings. The van der Waals surface area contributed by atoms with E-state index >= 15 is 0 Å². The van der Waals surface area contributed by atoms with Crippen molar-refractivity contribution in [3.05, 3.63) is 30.1 Å². The Balaban J connectivity index is 2.88. The van der Waals surface area contributed by atoms with E-state index in [2.05, 4.69) is 73.3 Å². The van der Waals surface area contributed by atoms with Crippen molar-refractivity contribution in [1.29, 1.82) is 0 Å². The number of rotatable bonds is 7. The highest BCUT2D eigenvalue weighted by Crippen LogP contribution is 2.21. The Bertz CT molecular complexity index is 389. The summed E-state index contributed by atoms with van der Waals surface area (Å²) in [5.74, 6) is 0. The van der Waals surface area contributed by atoms with Crippen LogP contribution in [0.2, 0.25) is 39.3 Å². The molecule has 1 aromatic heterocycles. The van der Waals surface area contributed by atoms with E-state index in [9.17, 15) is 0 Å². The lowest BCUT2D eigenvalue weighted by atomic mass is 9.86. The van der Waals surface area contributed by atoms with Gasteiger partial charge >= 0.3 is 0 Å². The molecule has 3 nitrogen and oxygen atoms in total. The van der Waals surface area contributed by atoms with Gasteiger partial charge in [0.15, 0.2) is 0 Å². The predicted octanol–water partition coefficient (Wildman–Crippen LogP) is 3.19. The van der Waals surface area contributed by atoms with Gasteiger partial charge in [0, 0.05) is 30.4 Å². The Kier molecular flexibility index (Phi) is 5.72. The van der Waals surface area contributed by atoms with Gasteiger partial charge in [-0.3, -0.25) is 4.98 Å². The number of hydrogen-bond donors (Lipinski definition) is 2. The molecule has 0 saturated heterocycles. The fourth-order valence-electron chi connectivity index (χ4n) is 1.88. The fourth-order valence-corrected chi connectivity index (χ4v) is 3.72. The van der Waals surface area contributed by atoms with E-state index in [-0.39, 0.29) is 5.41 Å². The van der Waals surface area contributed by atoms with E-state index < -0.39 is 16.5 Å². The highest BCUT2D eigenvalue weighted by Gasteiger charge is 2.31. The first kappa shape index (κ1) is 17.6. The van der Waals surface area contributed by atoms with Crippen LogP contribution in [-0.2, 0) is 5.41 Å². The lowest BCUT2D eigenvalue weighted by Crippen LogP contribution is -2.55. The van der Waals surface area contributed by atoms with Gasteiger partial charge in [0.2, 0.25) is 0 Å². The maximum atomic E-state index is 4.60. The quantitative estimate of drug-likeness (QED) is 0.760. The van der Waals surface area contributed by atoms with Crippen LogP contribution in [-0.4, -0.2) is 34.5 Å². The minimum Gasteiger partial charge on any atom is -0.337 e. The summed E-state index contributed by atoms with van der Waals surface area (Å²) in [6.07, 6.45) is 1.90. The van der Waals surface area contributed by atoms with Gasteiger partial charge in [-0.1, -0.05) is 52.3 Å². The molecule has 114 valence electrons. The van der Waals surface area contributed by atoms with Crippen molar-refractivity contribution < 1.29 is 0 Å². The van der Waals surface area contributed by atoms with Gasteiger partial charge in [0.1, 0.15) is 16.5 Å². The van der Waals surface area contributed by atoms with Crippen LogP contribution in [0.3, 0.4) is 0 Å². The molecule has 1 rings (SSSR count). The van der Waals surface area contributed by atoms with E-state index in [1.807, 2.05) is 12.3 Å². The van der Waals surface area contributed by atoms with Crippen molar-refractivity contribution in [3.63, 3.8) is 0 Å². The van der Waals surface area contributed by atoms with Crippen molar-refractivity contribution in [2.75, 3.05) is 13.1 Å².